The summed E-state index contributed by atoms with van der Waals surface area (Å²) < 4.78 is 6.01. The highest BCUT2D eigenvalue weighted by Crippen LogP contribution is 2.66. The zero-order valence-corrected chi connectivity index (χ0v) is 24.0. The van der Waals surface area contributed by atoms with E-state index in [-0.39, 0.29) is 12.1 Å². The molecule has 0 bridgehead atoms. The Hall–Kier alpha value is -1.64. The molecule has 0 N–H and O–H groups in total. The fourth-order valence-electron chi connectivity index (χ4n) is 9.30. The van der Waals surface area contributed by atoms with E-state index in [1.165, 1.54) is 64.2 Å². The van der Waals surface area contributed by atoms with Gasteiger partial charge in [-0.1, -0.05) is 58.6 Å². The van der Waals surface area contributed by atoms with Crippen LogP contribution in [-0.2, 0) is 16.0 Å². The first-order valence-electron chi connectivity index (χ1n) is 15.6. The maximum atomic E-state index is 12.6. The Labute approximate surface area is 226 Å². The zero-order valence-electron chi connectivity index (χ0n) is 24.0. The highest BCUT2D eigenvalue weighted by molar-refractivity contribution is 5.70. The standard InChI is InChI=1S/C34H51NO2/c1-24(2)7-5-6-8-26-11-13-30-29-12-10-27-23-28(37-32(36)14-9-25-17-21-35-22-18-25)15-19-34(27,4)31(29)16-20-33(26,30)3/h10,17-18,21-22,24,26,28-31H,5-9,11-16,19-20,23H2,1-4H3. The number of esters is 1. The summed E-state index contributed by atoms with van der Waals surface area (Å²) in [6.07, 6.45) is 23.4. The number of carbonyl (C=O) groups excluding carboxylic acids is 1. The van der Waals surface area contributed by atoms with Gasteiger partial charge >= 0.3 is 5.97 Å². The molecule has 1 aromatic rings. The highest BCUT2D eigenvalue weighted by Gasteiger charge is 2.58. The summed E-state index contributed by atoms with van der Waals surface area (Å²) >= 11 is 0. The maximum Gasteiger partial charge on any atom is 0.306 e. The summed E-state index contributed by atoms with van der Waals surface area (Å²) in [5.74, 6) is 4.36. The van der Waals surface area contributed by atoms with Crippen molar-refractivity contribution in [1.82, 2.24) is 4.98 Å². The molecule has 204 valence electrons. The molecule has 0 amide bonds. The Kier molecular flexibility index (Phi) is 8.18. The second-order valence-electron chi connectivity index (χ2n) is 14.0. The van der Waals surface area contributed by atoms with Crippen LogP contribution in [0, 0.1) is 40.4 Å². The molecule has 3 fully saturated rings. The predicted octanol–water partition coefficient (Wildman–Crippen LogP) is 8.72. The van der Waals surface area contributed by atoms with Gasteiger partial charge in [-0.05, 0) is 116 Å². The van der Waals surface area contributed by atoms with E-state index in [9.17, 15) is 4.79 Å². The monoisotopic (exact) mass is 505 g/mol. The first-order chi connectivity index (χ1) is 17.8. The molecule has 0 spiro atoms. The molecule has 3 saturated carbocycles. The Balaban J connectivity index is 1.17. The van der Waals surface area contributed by atoms with E-state index >= 15 is 0 Å². The van der Waals surface area contributed by atoms with E-state index in [0.717, 1.165) is 54.4 Å². The van der Waals surface area contributed by atoms with Crippen LogP contribution in [0.15, 0.2) is 36.2 Å². The second kappa shape index (κ2) is 11.2. The molecule has 37 heavy (non-hydrogen) atoms. The minimum Gasteiger partial charge on any atom is -0.462 e. The third kappa shape index (κ3) is 5.57. The summed E-state index contributed by atoms with van der Waals surface area (Å²) in [6, 6.07) is 3.97. The van der Waals surface area contributed by atoms with Gasteiger partial charge in [0.1, 0.15) is 6.10 Å². The molecule has 0 radical (unpaired) electrons. The lowest BCUT2D eigenvalue weighted by molar-refractivity contribution is -0.151. The van der Waals surface area contributed by atoms with Gasteiger partial charge in [0, 0.05) is 25.2 Å². The smallest absolute Gasteiger partial charge is 0.306 e. The van der Waals surface area contributed by atoms with Gasteiger partial charge < -0.3 is 4.74 Å². The molecule has 3 heteroatoms. The number of aromatic nitrogens is 1. The van der Waals surface area contributed by atoms with Crippen LogP contribution in [0.4, 0.5) is 0 Å². The normalized spacial score (nSPS) is 36.9. The van der Waals surface area contributed by atoms with Crippen LogP contribution < -0.4 is 0 Å². The van der Waals surface area contributed by atoms with E-state index in [4.69, 9.17) is 4.74 Å². The number of pyridine rings is 1. The van der Waals surface area contributed by atoms with Crippen molar-refractivity contribution in [2.75, 3.05) is 0 Å². The van der Waals surface area contributed by atoms with Crippen molar-refractivity contribution >= 4 is 5.97 Å². The van der Waals surface area contributed by atoms with Gasteiger partial charge in [-0.3, -0.25) is 9.78 Å². The Morgan fingerprint density at radius 2 is 1.86 bits per heavy atom. The summed E-state index contributed by atoms with van der Waals surface area (Å²) in [5.41, 5.74) is 3.65. The molecule has 0 saturated heterocycles. The molecule has 3 nitrogen and oxygen atoms in total. The largest absolute Gasteiger partial charge is 0.462 e. The Morgan fingerprint density at radius 3 is 2.65 bits per heavy atom. The molecule has 4 aliphatic carbocycles. The first kappa shape index (κ1) is 26.9. The zero-order chi connectivity index (χ0) is 26.0. The molecule has 7 atom stereocenters. The maximum absolute atomic E-state index is 12.6. The van der Waals surface area contributed by atoms with Crippen LogP contribution in [0.25, 0.3) is 0 Å². The van der Waals surface area contributed by atoms with Crippen LogP contribution >= 0.6 is 0 Å². The Morgan fingerprint density at radius 1 is 1.05 bits per heavy atom. The van der Waals surface area contributed by atoms with Crippen molar-refractivity contribution in [3.63, 3.8) is 0 Å². The van der Waals surface area contributed by atoms with E-state index in [0.29, 0.717) is 17.3 Å². The summed E-state index contributed by atoms with van der Waals surface area (Å²) in [4.78, 5) is 16.7. The summed E-state index contributed by atoms with van der Waals surface area (Å²) in [7, 11) is 0. The van der Waals surface area contributed by atoms with Crippen LogP contribution in [0.2, 0.25) is 0 Å². The van der Waals surface area contributed by atoms with E-state index in [1.807, 2.05) is 12.1 Å². The predicted molar refractivity (Wildman–Crippen MR) is 151 cm³/mol. The third-order valence-electron chi connectivity index (χ3n) is 11.5. The van der Waals surface area contributed by atoms with E-state index < -0.39 is 0 Å². The molecule has 7 unspecified atom stereocenters. The SMILES string of the molecule is CC(C)CCCCC1CCC2C3CC=C4CC(OC(=O)CCc5ccncc5)CCC4(C)C3CCC12C. The molecule has 0 aromatic carbocycles. The van der Waals surface area contributed by atoms with Crippen molar-refractivity contribution in [2.24, 2.45) is 40.4 Å². The first-order valence-corrected chi connectivity index (χ1v) is 15.6. The van der Waals surface area contributed by atoms with Gasteiger partial charge in [0.05, 0.1) is 0 Å². The van der Waals surface area contributed by atoms with Gasteiger partial charge in [0.15, 0.2) is 0 Å². The number of aryl methyl sites for hydroxylation is 1. The van der Waals surface area contributed by atoms with Crippen molar-refractivity contribution in [2.45, 2.75) is 124 Å². The summed E-state index contributed by atoms with van der Waals surface area (Å²) in [5, 5.41) is 0. The molecule has 1 aromatic heterocycles. The number of ether oxygens (including phenoxy) is 1. The molecule has 0 aliphatic heterocycles. The molecule has 1 heterocycles. The quantitative estimate of drug-likeness (QED) is 0.191. The van der Waals surface area contributed by atoms with Gasteiger partial charge in [0.2, 0.25) is 0 Å². The minimum atomic E-state index is -0.0430. The number of allylic oxidation sites excluding steroid dienone is 1. The van der Waals surface area contributed by atoms with Crippen LogP contribution in [0.3, 0.4) is 0 Å². The van der Waals surface area contributed by atoms with Crippen molar-refractivity contribution in [1.29, 1.82) is 0 Å². The van der Waals surface area contributed by atoms with Crippen LogP contribution in [0.5, 0.6) is 0 Å². The molecular formula is C34H51NO2. The average molecular weight is 506 g/mol. The average Bonchev–Trinajstić information content (AvgIpc) is 3.22. The Bertz CT molecular complexity index is 954. The van der Waals surface area contributed by atoms with Gasteiger partial charge in [-0.15, -0.1) is 0 Å². The molecule has 4 aliphatic rings. The molecular weight excluding hydrogens is 454 g/mol. The number of nitrogens with zero attached hydrogens (tertiary/aromatic N) is 1. The number of carbonyl (C=O) groups is 1. The number of hydrogen-bond donors (Lipinski definition) is 0. The van der Waals surface area contributed by atoms with Crippen LogP contribution in [0.1, 0.15) is 117 Å². The van der Waals surface area contributed by atoms with Crippen molar-refractivity contribution < 1.29 is 9.53 Å². The highest BCUT2D eigenvalue weighted by atomic mass is 16.5. The van der Waals surface area contributed by atoms with Gasteiger partial charge in [0.25, 0.3) is 0 Å². The number of hydrogen-bond acceptors (Lipinski definition) is 3. The van der Waals surface area contributed by atoms with Gasteiger partial charge in [-0.25, -0.2) is 0 Å². The third-order valence-corrected chi connectivity index (χ3v) is 11.5. The lowest BCUT2D eigenvalue weighted by Gasteiger charge is -2.58. The second-order valence-corrected chi connectivity index (χ2v) is 14.0. The van der Waals surface area contributed by atoms with E-state index in [2.05, 4.69) is 38.8 Å². The van der Waals surface area contributed by atoms with E-state index in [1.54, 1.807) is 18.0 Å². The topological polar surface area (TPSA) is 39.2 Å². The van der Waals surface area contributed by atoms with Crippen molar-refractivity contribution in [3.8, 4) is 0 Å². The number of fused-ring (bicyclic) bond motifs is 5. The fraction of sp³-hybridized carbons (Fsp3) is 0.765. The fourth-order valence-corrected chi connectivity index (χ4v) is 9.30. The number of unbranched alkanes of at least 4 members (excludes halogenated alkanes) is 1. The van der Waals surface area contributed by atoms with Crippen LogP contribution in [-0.4, -0.2) is 17.1 Å². The lowest BCUT2D eigenvalue weighted by Crippen LogP contribution is -2.50. The number of rotatable bonds is 9. The molecule has 5 rings (SSSR count). The minimum absolute atomic E-state index is 0.0430. The summed E-state index contributed by atoms with van der Waals surface area (Å²) in [6.45, 7) is 9.97. The van der Waals surface area contributed by atoms with Crippen molar-refractivity contribution in [3.05, 3.63) is 41.7 Å². The lowest BCUT2D eigenvalue weighted by atomic mass is 9.47. The van der Waals surface area contributed by atoms with Gasteiger partial charge in [-0.2, -0.15) is 0 Å².